The number of aliphatic hydroxyl groups is 1. The van der Waals surface area contributed by atoms with Crippen molar-refractivity contribution < 1.29 is 31.9 Å². The number of halogens is 5. The summed E-state index contributed by atoms with van der Waals surface area (Å²) < 4.78 is 66.9. The summed E-state index contributed by atoms with van der Waals surface area (Å²) >= 11 is 0. The molecular formula is C25H23F5N4O2. The Labute approximate surface area is 203 Å². The van der Waals surface area contributed by atoms with Gasteiger partial charge in [0, 0.05) is 48.6 Å². The van der Waals surface area contributed by atoms with Gasteiger partial charge in [0.25, 0.3) is 0 Å². The number of alkyl halides is 3. The molecule has 3 aromatic rings. The van der Waals surface area contributed by atoms with Gasteiger partial charge in [0.15, 0.2) is 11.6 Å². The van der Waals surface area contributed by atoms with E-state index in [4.69, 9.17) is 0 Å². The van der Waals surface area contributed by atoms with Gasteiger partial charge in [-0.2, -0.15) is 13.2 Å². The summed E-state index contributed by atoms with van der Waals surface area (Å²) in [4.78, 5) is 25.1. The number of nitrogens with one attached hydrogen (secondary N) is 1. The number of anilines is 1. The van der Waals surface area contributed by atoms with E-state index in [1.807, 2.05) is 0 Å². The van der Waals surface area contributed by atoms with Crippen molar-refractivity contribution in [2.75, 3.05) is 5.32 Å². The van der Waals surface area contributed by atoms with Gasteiger partial charge < -0.3 is 10.4 Å². The second-order valence-electron chi connectivity index (χ2n) is 8.81. The molecule has 4 rings (SSSR count). The molecule has 11 heteroatoms. The highest BCUT2D eigenvalue weighted by molar-refractivity contribution is 5.95. The van der Waals surface area contributed by atoms with Crippen LogP contribution in [0.1, 0.15) is 53.7 Å². The van der Waals surface area contributed by atoms with E-state index >= 15 is 0 Å². The van der Waals surface area contributed by atoms with Crippen molar-refractivity contribution in [3.8, 4) is 11.4 Å². The van der Waals surface area contributed by atoms with E-state index in [0.717, 1.165) is 24.4 Å². The quantitative estimate of drug-likeness (QED) is 0.322. The summed E-state index contributed by atoms with van der Waals surface area (Å²) in [6.07, 6.45) is -0.471. The lowest BCUT2D eigenvalue weighted by Crippen LogP contribution is -2.21. The molecule has 1 saturated carbocycles. The molecule has 2 aromatic heterocycles. The molecule has 0 unspecified atom stereocenters. The molecule has 0 spiro atoms. The van der Waals surface area contributed by atoms with Gasteiger partial charge in [-0.15, -0.1) is 0 Å². The van der Waals surface area contributed by atoms with Crippen LogP contribution in [-0.4, -0.2) is 31.9 Å². The standard InChI is InChI=1S/C25H23F5N4O2/c26-18-4-3-15(20(27)9-18)12-32-23-10-21(22(36)7-14-1-5-19(35)6-2-14)33-24(34-23)16-8-17(13-31-11-16)25(28,29)30/h3-4,8-11,13-14,19,35H,1-2,5-7,12H2,(H,32,33,34). The Kier molecular flexibility index (Phi) is 7.58. The van der Waals surface area contributed by atoms with Crippen LogP contribution < -0.4 is 5.32 Å². The summed E-state index contributed by atoms with van der Waals surface area (Å²) in [5.74, 6) is -1.85. The van der Waals surface area contributed by atoms with Crippen molar-refractivity contribution in [2.24, 2.45) is 5.92 Å². The molecule has 6 nitrogen and oxygen atoms in total. The lowest BCUT2D eigenvalue weighted by atomic mass is 9.84. The number of Topliss-reactive ketones (excluding diaryl/α,β-unsaturated/α-hetero) is 1. The van der Waals surface area contributed by atoms with Crippen molar-refractivity contribution in [2.45, 2.75) is 50.9 Å². The van der Waals surface area contributed by atoms with E-state index in [1.165, 1.54) is 12.1 Å². The van der Waals surface area contributed by atoms with Crippen molar-refractivity contribution in [3.05, 3.63) is 71.2 Å². The van der Waals surface area contributed by atoms with Gasteiger partial charge in [0.2, 0.25) is 0 Å². The number of carbonyl (C=O) groups is 1. The number of rotatable bonds is 7. The Morgan fingerprint density at radius 3 is 2.47 bits per heavy atom. The molecule has 1 aliphatic carbocycles. The first-order valence-corrected chi connectivity index (χ1v) is 11.4. The summed E-state index contributed by atoms with van der Waals surface area (Å²) in [6.45, 7) is -0.114. The Hall–Kier alpha value is -3.47. The fraction of sp³-hybridized carbons (Fsp3) is 0.360. The van der Waals surface area contributed by atoms with Gasteiger partial charge in [-0.05, 0) is 43.7 Å². The predicted octanol–water partition coefficient (Wildman–Crippen LogP) is 5.57. The normalized spacial score (nSPS) is 18.2. The number of nitrogens with zero attached hydrogens (tertiary/aromatic N) is 3. The lowest BCUT2D eigenvalue weighted by Gasteiger charge is -2.24. The lowest BCUT2D eigenvalue weighted by molar-refractivity contribution is -0.137. The Morgan fingerprint density at radius 1 is 1.03 bits per heavy atom. The van der Waals surface area contributed by atoms with E-state index in [9.17, 15) is 31.9 Å². The molecule has 0 bridgehead atoms. The van der Waals surface area contributed by atoms with Gasteiger partial charge in [-0.1, -0.05) is 6.07 Å². The minimum Gasteiger partial charge on any atom is -0.393 e. The van der Waals surface area contributed by atoms with Crippen LogP contribution in [0, 0.1) is 17.6 Å². The van der Waals surface area contributed by atoms with E-state index < -0.39 is 23.4 Å². The average Bonchev–Trinajstić information content (AvgIpc) is 2.84. The molecule has 0 amide bonds. The van der Waals surface area contributed by atoms with Crippen molar-refractivity contribution in [1.29, 1.82) is 0 Å². The number of carbonyl (C=O) groups excluding carboxylic acids is 1. The number of aliphatic hydroxyl groups excluding tert-OH is 1. The molecule has 2 heterocycles. The third kappa shape index (κ3) is 6.39. The van der Waals surface area contributed by atoms with E-state index in [-0.39, 0.29) is 59.2 Å². The molecule has 1 aliphatic rings. The highest BCUT2D eigenvalue weighted by Crippen LogP contribution is 2.32. The van der Waals surface area contributed by atoms with Crippen LogP contribution in [-0.2, 0) is 12.7 Å². The van der Waals surface area contributed by atoms with Crippen LogP contribution in [0.4, 0.5) is 27.8 Å². The van der Waals surface area contributed by atoms with Crippen molar-refractivity contribution in [1.82, 2.24) is 15.0 Å². The van der Waals surface area contributed by atoms with Crippen molar-refractivity contribution in [3.63, 3.8) is 0 Å². The molecule has 2 N–H and O–H groups in total. The van der Waals surface area contributed by atoms with Gasteiger partial charge in [-0.25, -0.2) is 18.7 Å². The topological polar surface area (TPSA) is 88.0 Å². The Bertz CT molecular complexity index is 1240. The van der Waals surface area contributed by atoms with Gasteiger partial charge in [-0.3, -0.25) is 9.78 Å². The largest absolute Gasteiger partial charge is 0.417 e. The molecule has 1 aromatic carbocycles. The van der Waals surface area contributed by atoms with Crippen LogP contribution in [0.3, 0.4) is 0 Å². The molecule has 0 radical (unpaired) electrons. The summed E-state index contributed by atoms with van der Waals surface area (Å²) in [5.41, 5.74) is -0.920. The minimum absolute atomic E-state index is 0.00869. The van der Waals surface area contributed by atoms with Gasteiger partial charge in [0.05, 0.1) is 11.7 Å². The fourth-order valence-corrected chi connectivity index (χ4v) is 4.09. The zero-order chi connectivity index (χ0) is 25.9. The second-order valence-corrected chi connectivity index (χ2v) is 8.81. The molecule has 0 atom stereocenters. The van der Waals surface area contributed by atoms with E-state index in [2.05, 4.69) is 20.3 Å². The summed E-state index contributed by atoms with van der Waals surface area (Å²) in [5, 5.41) is 12.5. The van der Waals surface area contributed by atoms with Gasteiger partial charge >= 0.3 is 6.18 Å². The number of benzene rings is 1. The Balaban J connectivity index is 1.64. The number of hydrogen-bond donors (Lipinski definition) is 2. The smallest absolute Gasteiger partial charge is 0.393 e. The summed E-state index contributed by atoms with van der Waals surface area (Å²) in [7, 11) is 0. The van der Waals surface area contributed by atoms with Crippen LogP contribution in [0.15, 0.2) is 42.7 Å². The van der Waals surface area contributed by atoms with E-state index in [0.29, 0.717) is 31.9 Å². The second kappa shape index (κ2) is 10.7. The van der Waals surface area contributed by atoms with E-state index in [1.54, 1.807) is 0 Å². The Morgan fingerprint density at radius 2 is 1.78 bits per heavy atom. The summed E-state index contributed by atoms with van der Waals surface area (Å²) in [6, 6.07) is 5.26. The highest BCUT2D eigenvalue weighted by atomic mass is 19.4. The third-order valence-corrected chi connectivity index (χ3v) is 6.10. The monoisotopic (exact) mass is 506 g/mol. The number of aromatic nitrogens is 3. The van der Waals surface area contributed by atoms with Crippen LogP contribution in [0.2, 0.25) is 0 Å². The minimum atomic E-state index is -4.64. The maximum atomic E-state index is 14.0. The molecule has 1 fully saturated rings. The number of ketones is 1. The zero-order valence-corrected chi connectivity index (χ0v) is 19.0. The third-order valence-electron chi connectivity index (χ3n) is 6.10. The predicted molar refractivity (Wildman–Crippen MR) is 121 cm³/mol. The number of hydrogen-bond acceptors (Lipinski definition) is 6. The average molecular weight is 506 g/mol. The first-order chi connectivity index (χ1) is 17.1. The molecule has 36 heavy (non-hydrogen) atoms. The first-order valence-electron chi connectivity index (χ1n) is 11.4. The first kappa shape index (κ1) is 25.6. The maximum Gasteiger partial charge on any atom is 0.417 e. The van der Waals surface area contributed by atoms with Crippen LogP contribution in [0.5, 0.6) is 0 Å². The zero-order valence-electron chi connectivity index (χ0n) is 19.0. The van der Waals surface area contributed by atoms with Crippen LogP contribution >= 0.6 is 0 Å². The van der Waals surface area contributed by atoms with Crippen LogP contribution in [0.25, 0.3) is 11.4 Å². The highest BCUT2D eigenvalue weighted by Gasteiger charge is 2.31. The molecule has 190 valence electrons. The number of pyridine rings is 1. The molecule has 0 saturated heterocycles. The van der Waals surface area contributed by atoms with Gasteiger partial charge in [0.1, 0.15) is 23.1 Å². The SMILES string of the molecule is O=C(CC1CCC(O)CC1)c1cc(NCc2ccc(F)cc2F)nc(-c2cncc(C(F)(F)F)c2)n1. The molecular weight excluding hydrogens is 483 g/mol. The maximum absolute atomic E-state index is 14.0. The fourth-order valence-electron chi connectivity index (χ4n) is 4.09. The molecule has 0 aliphatic heterocycles. The van der Waals surface area contributed by atoms with Crippen molar-refractivity contribution >= 4 is 11.6 Å².